The number of aliphatic hydroxyl groups is 1. The first-order valence-electron chi connectivity index (χ1n) is 18.1. The lowest BCUT2D eigenvalue weighted by Gasteiger charge is -2.46. The molecule has 3 aromatic carbocycles. The second-order valence-corrected chi connectivity index (χ2v) is 17.5. The Morgan fingerprint density at radius 2 is 1.83 bits per heavy atom. The van der Waals surface area contributed by atoms with Crippen LogP contribution in [0.25, 0.3) is 0 Å². The molecule has 13 heteroatoms. The lowest BCUT2D eigenvalue weighted by Crippen LogP contribution is -2.50. The van der Waals surface area contributed by atoms with Crippen LogP contribution >= 0.6 is 23.2 Å². The molecular formula is C40H45Cl2N3O7S. The fourth-order valence-electron chi connectivity index (χ4n) is 8.47. The van der Waals surface area contributed by atoms with Crippen molar-refractivity contribution < 1.29 is 32.6 Å². The molecule has 7 rings (SSSR count). The number of methoxy groups -OCH3 is 1. The number of rotatable bonds is 4. The molecule has 0 unspecified atom stereocenters. The second-order valence-electron chi connectivity index (χ2n) is 14.9. The number of hydrogen-bond acceptors (Lipinski definition) is 8. The zero-order valence-corrected chi connectivity index (χ0v) is 32.2. The van der Waals surface area contributed by atoms with Crippen molar-refractivity contribution in [3.8, 4) is 5.75 Å². The van der Waals surface area contributed by atoms with Gasteiger partial charge in [0.1, 0.15) is 5.75 Å². The van der Waals surface area contributed by atoms with Gasteiger partial charge in [0.25, 0.3) is 15.9 Å². The monoisotopic (exact) mass is 781 g/mol. The summed E-state index contributed by atoms with van der Waals surface area (Å²) in [4.78, 5) is 31.4. The number of sulfonamides is 1. The van der Waals surface area contributed by atoms with Crippen molar-refractivity contribution in [2.24, 2.45) is 11.8 Å². The molecule has 3 aromatic rings. The maximum Gasteiger partial charge on any atom is 0.270 e. The zero-order valence-electron chi connectivity index (χ0n) is 29.9. The molecule has 0 aromatic heterocycles. The van der Waals surface area contributed by atoms with Gasteiger partial charge in [0.15, 0.2) is 5.60 Å². The van der Waals surface area contributed by atoms with Crippen LogP contribution in [0.15, 0.2) is 77.7 Å². The van der Waals surface area contributed by atoms with E-state index in [1.807, 2.05) is 22.9 Å². The van der Waals surface area contributed by atoms with E-state index in [1.165, 1.54) is 40.3 Å². The quantitative estimate of drug-likeness (QED) is 0.309. The molecule has 2 heterocycles. The number of fused-ring (bicyclic) bond motifs is 4. The largest absolute Gasteiger partial charge is 0.490 e. The molecule has 2 aliphatic heterocycles. The minimum atomic E-state index is -4.45. The molecule has 53 heavy (non-hydrogen) atoms. The standard InChI is InChI=1S/C40H45Cl2N3O7S/c1-44-19-4-3-7-35(51-2)32-15-8-27(32)23-45-24-39(18-5-6-26-20-30(42)12-16-33(26)39)25-52-36-17-9-28(21-34(36)45)40(48,22-37(44)46)38(47)43-53(49,50)31-13-10-29(41)11-14-31/h3,7,9-14,16-17,20-21,27,32,35,48H,4-6,8,15,18-19,22-25H2,1-2H3,(H,43,47)/b7-3-/t27-,32+,35-,39-,40+/m0/s1. The van der Waals surface area contributed by atoms with Crippen molar-refractivity contribution in [1.82, 2.24) is 9.62 Å². The van der Waals surface area contributed by atoms with Gasteiger partial charge in [-0.05, 0) is 116 Å². The molecule has 2 amide bonds. The molecule has 1 saturated carbocycles. The highest BCUT2D eigenvalue weighted by Gasteiger charge is 2.47. The Morgan fingerprint density at radius 1 is 1.06 bits per heavy atom. The smallest absolute Gasteiger partial charge is 0.270 e. The summed E-state index contributed by atoms with van der Waals surface area (Å²) < 4.78 is 41.6. The summed E-state index contributed by atoms with van der Waals surface area (Å²) in [6, 6.07) is 16.4. The number of carbonyl (C=O) groups is 2. The van der Waals surface area contributed by atoms with E-state index in [-0.39, 0.29) is 33.8 Å². The Bertz CT molecular complexity index is 2030. The summed E-state index contributed by atoms with van der Waals surface area (Å²) in [5.74, 6) is -0.643. The summed E-state index contributed by atoms with van der Waals surface area (Å²) in [5.41, 5.74) is 0.223. The minimum Gasteiger partial charge on any atom is -0.490 e. The Balaban J connectivity index is 1.33. The van der Waals surface area contributed by atoms with Crippen molar-refractivity contribution in [3.63, 3.8) is 0 Å². The highest BCUT2D eigenvalue weighted by molar-refractivity contribution is 7.90. The molecule has 282 valence electrons. The molecule has 4 aliphatic rings. The van der Waals surface area contributed by atoms with Gasteiger partial charge in [-0.1, -0.05) is 47.5 Å². The molecule has 1 fully saturated rings. The number of carbonyl (C=O) groups excluding carboxylic acids is 2. The maximum absolute atomic E-state index is 14.2. The van der Waals surface area contributed by atoms with Gasteiger partial charge < -0.3 is 24.4 Å². The number of hydrogen-bond donors (Lipinski definition) is 2. The van der Waals surface area contributed by atoms with Gasteiger partial charge >= 0.3 is 0 Å². The first kappa shape index (κ1) is 37.7. The van der Waals surface area contributed by atoms with Crippen LogP contribution in [0.4, 0.5) is 5.69 Å². The summed E-state index contributed by atoms with van der Waals surface area (Å²) >= 11 is 12.4. The molecule has 1 spiro atoms. The summed E-state index contributed by atoms with van der Waals surface area (Å²) in [7, 11) is -1.12. The second kappa shape index (κ2) is 14.9. The van der Waals surface area contributed by atoms with E-state index in [9.17, 15) is 23.1 Å². The topological polar surface area (TPSA) is 125 Å². The van der Waals surface area contributed by atoms with Crippen LogP contribution in [0.3, 0.4) is 0 Å². The molecule has 2 N–H and O–H groups in total. The molecular weight excluding hydrogens is 737 g/mol. The van der Waals surface area contributed by atoms with Gasteiger partial charge in [0.2, 0.25) is 5.91 Å². The average Bonchev–Trinajstić information content (AvgIpc) is 3.27. The third kappa shape index (κ3) is 7.43. The third-order valence-electron chi connectivity index (χ3n) is 11.7. The van der Waals surface area contributed by atoms with Gasteiger partial charge in [-0.2, -0.15) is 0 Å². The number of halogens is 2. The van der Waals surface area contributed by atoms with E-state index < -0.39 is 33.9 Å². The number of nitrogens with one attached hydrogen (secondary N) is 1. The van der Waals surface area contributed by atoms with E-state index in [0.717, 1.165) is 32.1 Å². The molecule has 0 saturated heterocycles. The Hall–Kier alpha value is -3.61. The van der Waals surface area contributed by atoms with E-state index in [0.29, 0.717) is 54.1 Å². The number of anilines is 1. The predicted octanol–water partition coefficient (Wildman–Crippen LogP) is 6.01. The molecule has 10 nitrogen and oxygen atoms in total. The van der Waals surface area contributed by atoms with E-state index in [2.05, 4.69) is 17.0 Å². The zero-order chi connectivity index (χ0) is 37.5. The summed E-state index contributed by atoms with van der Waals surface area (Å²) in [5, 5.41) is 13.4. The summed E-state index contributed by atoms with van der Waals surface area (Å²) in [6.07, 6.45) is 8.64. The number of benzene rings is 3. The van der Waals surface area contributed by atoms with Crippen LogP contribution in [-0.4, -0.2) is 76.7 Å². The van der Waals surface area contributed by atoms with Crippen LogP contribution in [0.5, 0.6) is 5.75 Å². The highest BCUT2D eigenvalue weighted by atomic mass is 35.5. The molecule has 5 atom stereocenters. The average molecular weight is 783 g/mol. The van der Waals surface area contributed by atoms with Gasteiger partial charge in [-0.25, -0.2) is 13.1 Å². The van der Waals surface area contributed by atoms with Crippen LogP contribution in [0.2, 0.25) is 10.0 Å². The fraction of sp³-hybridized carbons (Fsp3) is 0.450. The first-order chi connectivity index (χ1) is 25.3. The SMILES string of the molecule is CO[C@H]1/C=C\CCN(C)C(=O)C[C@](O)(C(=O)NS(=O)(=O)c2ccc(Cl)cc2)c2ccc3c(c2)N(C[C@@H]2CC[C@H]21)C[C@@]1(CCCc2cc(Cl)ccc21)CO3. The maximum atomic E-state index is 14.2. The normalized spacial score (nSPS) is 28.2. The number of aryl methyl sites for hydroxylation is 1. The Labute approximate surface area is 321 Å². The van der Waals surface area contributed by atoms with Crippen molar-refractivity contribution >= 4 is 50.7 Å². The minimum absolute atomic E-state index is 0.0779. The van der Waals surface area contributed by atoms with Crippen LogP contribution in [0.1, 0.15) is 55.2 Å². The lowest BCUT2D eigenvalue weighted by atomic mass is 9.68. The van der Waals surface area contributed by atoms with Crippen molar-refractivity contribution in [2.45, 2.75) is 67.0 Å². The lowest BCUT2D eigenvalue weighted by molar-refractivity contribution is -0.148. The molecule has 0 radical (unpaired) electrons. The third-order valence-corrected chi connectivity index (χ3v) is 13.5. The van der Waals surface area contributed by atoms with Gasteiger partial charge in [0, 0.05) is 49.3 Å². The van der Waals surface area contributed by atoms with Crippen molar-refractivity contribution in [2.75, 3.05) is 45.3 Å². The van der Waals surface area contributed by atoms with Crippen molar-refractivity contribution in [1.29, 1.82) is 0 Å². The van der Waals surface area contributed by atoms with E-state index in [1.54, 1.807) is 32.4 Å². The van der Waals surface area contributed by atoms with E-state index >= 15 is 0 Å². The number of ether oxygens (including phenoxy) is 2. The van der Waals surface area contributed by atoms with Crippen molar-refractivity contribution in [3.05, 3.63) is 99.6 Å². The predicted molar refractivity (Wildman–Crippen MR) is 204 cm³/mol. The van der Waals surface area contributed by atoms with E-state index in [4.69, 9.17) is 32.7 Å². The highest BCUT2D eigenvalue weighted by Crippen LogP contribution is 2.48. The first-order valence-corrected chi connectivity index (χ1v) is 20.4. The molecule has 2 aliphatic carbocycles. The van der Waals surface area contributed by atoms with Crippen LogP contribution in [0, 0.1) is 11.8 Å². The Kier molecular flexibility index (Phi) is 10.6. The Morgan fingerprint density at radius 3 is 2.57 bits per heavy atom. The van der Waals surface area contributed by atoms with Gasteiger partial charge in [0.05, 0.1) is 29.7 Å². The fourth-order valence-corrected chi connectivity index (χ4v) is 9.82. The van der Waals surface area contributed by atoms with Crippen LogP contribution in [-0.2, 0) is 41.8 Å². The van der Waals surface area contributed by atoms with Crippen LogP contribution < -0.4 is 14.4 Å². The molecule has 2 bridgehead atoms. The summed E-state index contributed by atoms with van der Waals surface area (Å²) in [6.45, 7) is 2.00. The number of nitrogens with zero attached hydrogens (tertiary/aromatic N) is 2. The number of amides is 2. The van der Waals surface area contributed by atoms with Gasteiger partial charge in [-0.15, -0.1) is 0 Å². The van der Waals surface area contributed by atoms with Gasteiger partial charge in [-0.3, -0.25) is 9.59 Å².